The third kappa shape index (κ3) is 3.74. The number of hydrogen-bond acceptors (Lipinski definition) is 6. The van der Waals surface area contributed by atoms with Gasteiger partial charge in [0.25, 0.3) is 0 Å². The number of imidazole rings is 1. The first-order valence-electron chi connectivity index (χ1n) is 9.86. The van der Waals surface area contributed by atoms with E-state index in [-0.39, 0.29) is 11.2 Å². The smallest absolute Gasteiger partial charge is 0.387 e. The maximum atomic E-state index is 12.3. The zero-order valence-corrected chi connectivity index (χ0v) is 16.7. The van der Waals surface area contributed by atoms with Crippen LogP contribution in [0.4, 0.5) is 26.1 Å². The van der Waals surface area contributed by atoms with Gasteiger partial charge < -0.3 is 15.8 Å². The van der Waals surface area contributed by atoms with Gasteiger partial charge in [-0.05, 0) is 49.2 Å². The summed E-state index contributed by atoms with van der Waals surface area (Å²) in [4.78, 5) is 14.0. The number of fused-ring (bicyclic) bond motifs is 1. The molecule has 1 aliphatic rings. The molecule has 4 aromatic rings. The van der Waals surface area contributed by atoms with Gasteiger partial charge in [-0.25, -0.2) is 4.98 Å². The molecule has 5 rings (SSSR count). The van der Waals surface area contributed by atoms with Crippen LogP contribution in [0.5, 0.6) is 5.75 Å². The van der Waals surface area contributed by atoms with E-state index < -0.39 is 6.61 Å². The van der Waals surface area contributed by atoms with Crippen molar-refractivity contribution >= 4 is 28.4 Å². The van der Waals surface area contributed by atoms with Crippen molar-refractivity contribution in [2.75, 3.05) is 11.1 Å². The van der Waals surface area contributed by atoms with Crippen LogP contribution in [0.3, 0.4) is 0 Å². The fraction of sp³-hybridized carbons (Fsp3) is 0.227. The average Bonchev–Trinajstić information content (AvgIpc) is 3.35. The Morgan fingerprint density at radius 2 is 1.81 bits per heavy atom. The molecule has 0 spiro atoms. The normalized spacial score (nSPS) is 14.7. The predicted molar refractivity (Wildman–Crippen MR) is 114 cm³/mol. The first-order chi connectivity index (χ1) is 14.9. The molecule has 1 saturated carbocycles. The van der Waals surface area contributed by atoms with E-state index in [2.05, 4.69) is 26.9 Å². The number of rotatable bonds is 6. The lowest BCUT2D eigenvalue weighted by Crippen LogP contribution is -2.14. The van der Waals surface area contributed by atoms with E-state index in [1.165, 1.54) is 12.1 Å². The quantitative estimate of drug-likeness (QED) is 0.464. The van der Waals surface area contributed by atoms with Crippen molar-refractivity contribution < 1.29 is 13.5 Å². The highest BCUT2D eigenvalue weighted by Crippen LogP contribution is 2.48. The number of nitrogens with zero attached hydrogens (tertiary/aromatic N) is 4. The van der Waals surface area contributed by atoms with E-state index >= 15 is 0 Å². The summed E-state index contributed by atoms with van der Waals surface area (Å²) in [5, 5.41) is 3.14. The monoisotopic (exact) mass is 422 g/mol. The molecule has 0 radical (unpaired) electrons. The van der Waals surface area contributed by atoms with Crippen molar-refractivity contribution in [1.29, 1.82) is 0 Å². The van der Waals surface area contributed by atoms with Crippen LogP contribution >= 0.6 is 0 Å². The minimum Gasteiger partial charge on any atom is -0.435 e. The third-order valence-electron chi connectivity index (χ3n) is 5.39. The number of halogens is 2. The van der Waals surface area contributed by atoms with Crippen LogP contribution in [-0.4, -0.2) is 26.1 Å². The number of nitrogens with two attached hydrogens (primary N) is 1. The maximum Gasteiger partial charge on any atom is 0.387 e. The van der Waals surface area contributed by atoms with Crippen molar-refractivity contribution in [3.8, 4) is 11.7 Å². The number of aromatic nitrogens is 4. The molecule has 0 bridgehead atoms. The Labute approximate surface area is 176 Å². The zero-order chi connectivity index (χ0) is 21.6. The van der Waals surface area contributed by atoms with E-state index in [4.69, 9.17) is 10.7 Å². The number of alkyl halides is 2. The Morgan fingerprint density at radius 1 is 1.06 bits per heavy atom. The lowest BCUT2D eigenvalue weighted by Gasteiger charge is -2.14. The van der Waals surface area contributed by atoms with Crippen LogP contribution in [0.15, 0.2) is 54.6 Å². The lowest BCUT2D eigenvalue weighted by atomic mass is 10.1. The average molecular weight is 422 g/mol. The predicted octanol–water partition coefficient (Wildman–Crippen LogP) is 4.79. The number of para-hydroxylation sites is 2. The van der Waals surface area contributed by atoms with Crippen molar-refractivity contribution in [3.63, 3.8) is 0 Å². The molecule has 0 saturated heterocycles. The van der Waals surface area contributed by atoms with Gasteiger partial charge >= 0.3 is 6.61 Å². The van der Waals surface area contributed by atoms with Crippen LogP contribution in [-0.2, 0) is 5.41 Å². The van der Waals surface area contributed by atoms with Gasteiger partial charge in [0.2, 0.25) is 5.95 Å². The molecule has 2 heterocycles. The van der Waals surface area contributed by atoms with Crippen molar-refractivity contribution in [1.82, 2.24) is 19.5 Å². The van der Waals surface area contributed by atoms with Crippen LogP contribution < -0.4 is 15.8 Å². The van der Waals surface area contributed by atoms with Crippen LogP contribution in [0.25, 0.3) is 17.0 Å². The summed E-state index contributed by atoms with van der Waals surface area (Å²) < 4.78 is 31.0. The molecule has 0 atom stereocenters. The lowest BCUT2D eigenvalue weighted by molar-refractivity contribution is -0.0498. The van der Waals surface area contributed by atoms with Gasteiger partial charge in [-0.1, -0.05) is 19.1 Å². The highest BCUT2D eigenvalue weighted by molar-refractivity contribution is 5.78. The summed E-state index contributed by atoms with van der Waals surface area (Å²) in [6.07, 6.45) is 2.10. The molecule has 7 nitrogen and oxygen atoms in total. The standard InChI is InChI=1S/C22H20F2N6O/c1-22(10-11-22)19-27-15-4-2-3-5-16(15)30(19)21-28-17(25)12-18(29-21)26-13-6-8-14(9-7-13)31-20(23)24/h2-9,12,20H,10-11H2,1H3,(H3,25,26,28,29). The Morgan fingerprint density at radius 3 is 2.52 bits per heavy atom. The summed E-state index contributed by atoms with van der Waals surface area (Å²) >= 11 is 0. The fourth-order valence-corrected chi connectivity index (χ4v) is 3.53. The van der Waals surface area contributed by atoms with E-state index in [1.54, 1.807) is 18.2 Å². The number of nitrogens with one attached hydrogen (secondary N) is 1. The summed E-state index contributed by atoms with van der Waals surface area (Å²) in [5.74, 6) is 2.20. The zero-order valence-electron chi connectivity index (χ0n) is 16.7. The minimum atomic E-state index is -2.87. The largest absolute Gasteiger partial charge is 0.435 e. The van der Waals surface area contributed by atoms with Gasteiger partial charge in [-0.15, -0.1) is 0 Å². The highest BCUT2D eigenvalue weighted by atomic mass is 19.3. The molecule has 9 heteroatoms. The van der Waals surface area contributed by atoms with E-state index in [0.29, 0.717) is 23.3 Å². The molecule has 158 valence electrons. The van der Waals surface area contributed by atoms with Crippen molar-refractivity contribution in [2.24, 2.45) is 0 Å². The van der Waals surface area contributed by atoms with E-state index in [0.717, 1.165) is 29.7 Å². The molecule has 1 aliphatic carbocycles. The third-order valence-corrected chi connectivity index (χ3v) is 5.39. The Balaban J connectivity index is 1.53. The van der Waals surface area contributed by atoms with Gasteiger partial charge in [0, 0.05) is 17.2 Å². The minimum absolute atomic E-state index is 0.0128. The van der Waals surface area contributed by atoms with E-state index in [1.807, 2.05) is 28.8 Å². The van der Waals surface area contributed by atoms with Gasteiger partial charge in [0.15, 0.2) is 0 Å². The molecule has 0 aliphatic heterocycles. The maximum absolute atomic E-state index is 12.3. The Bertz CT molecular complexity index is 1250. The molecule has 0 unspecified atom stereocenters. The molecule has 31 heavy (non-hydrogen) atoms. The first kappa shape index (κ1) is 19.2. The molecular weight excluding hydrogens is 402 g/mol. The van der Waals surface area contributed by atoms with Gasteiger partial charge in [0.1, 0.15) is 23.2 Å². The van der Waals surface area contributed by atoms with Crippen molar-refractivity contribution in [2.45, 2.75) is 31.8 Å². The second kappa shape index (κ2) is 7.19. The Kier molecular flexibility index (Phi) is 4.46. The van der Waals surface area contributed by atoms with Gasteiger partial charge in [-0.2, -0.15) is 18.7 Å². The first-order valence-corrected chi connectivity index (χ1v) is 9.86. The molecule has 2 aromatic carbocycles. The van der Waals surface area contributed by atoms with Crippen LogP contribution in [0.1, 0.15) is 25.6 Å². The van der Waals surface area contributed by atoms with Gasteiger partial charge in [0.05, 0.1) is 11.0 Å². The van der Waals surface area contributed by atoms with Crippen LogP contribution in [0.2, 0.25) is 0 Å². The molecule has 2 aromatic heterocycles. The summed E-state index contributed by atoms with van der Waals surface area (Å²) in [7, 11) is 0. The molecule has 0 amide bonds. The second-order valence-electron chi connectivity index (χ2n) is 7.83. The Hall–Kier alpha value is -3.75. The number of benzene rings is 2. The fourth-order valence-electron chi connectivity index (χ4n) is 3.53. The topological polar surface area (TPSA) is 90.9 Å². The highest BCUT2D eigenvalue weighted by Gasteiger charge is 2.44. The molecule has 1 fully saturated rings. The number of nitrogen functional groups attached to an aromatic ring is 1. The van der Waals surface area contributed by atoms with Crippen LogP contribution in [0, 0.1) is 0 Å². The summed E-state index contributed by atoms with van der Waals surface area (Å²) in [6, 6.07) is 15.6. The van der Waals surface area contributed by atoms with E-state index in [9.17, 15) is 8.78 Å². The molecular formula is C22H20F2N6O. The second-order valence-corrected chi connectivity index (χ2v) is 7.83. The van der Waals surface area contributed by atoms with Crippen molar-refractivity contribution in [3.05, 3.63) is 60.4 Å². The molecule has 3 N–H and O–H groups in total. The van der Waals surface area contributed by atoms with Gasteiger partial charge in [-0.3, -0.25) is 4.57 Å². The number of ether oxygens (including phenoxy) is 1. The summed E-state index contributed by atoms with van der Waals surface area (Å²) in [5.41, 5.74) is 8.51. The number of hydrogen-bond donors (Lipinski definition) is 2. The SMILES string of the molecule is CC1(c2nc3ccccc3n2-c2nc(N)cc(Nc3ccc(OC(F)F)cc3)n2)CC1. The number of anilines is 3. The summed E-state index contributed by atoms with van der Waals surface area (Å²) in [6.45, 7) is -0.685.